The first kappa shape index (κ1) is 7.90. The first-order chi connectivity index (χ1) is 2.89. The fourth-order valence-corrected chi connectivity index (χ4v) is 0.783. The molecule has 0 aromatic carbocycles. The molecular weight excluding hydrogens is 194 g/mol. The summed E-state index contributed by atoms with van der Waals surface area (Å²) in [5.41, 5.74) is 0. The molecule has 1 rings (SSSR count). The molecule has 1 fully saturated rings. The van der Waals surface area contributed by atoms with Crippen LogP contribution in [-0.4, -0.2) is 13.2 Å². The van der Waals surface area contributed by atoms with E-state index in [2.05, 4.69) is 9.05 Å². The minimum atomic E-state index is -1.72. The van der Waals surface area contributed by atoms with Gasteiger partial charge in [0.1, 0.15) is 13.2 Å². The molecule has 0 aromatic heterocycles. The van der Waals surface area contributed by atoms with Crippen molar-refractivity contribution in [2.24, 2.45) is 0 Å². The van der Waals surface area contributed by atoms with Crippen molar-refractivity contribution in [3.63, 3.8) is 0 Å². The Morgan fingerprint density at radius 3 is 1.86 bits per heavy atom. The van der Waals surface area contributed by atoms with Gasteiger partial charge in [0.05, 0.1) is 0 Å². The van der Waals surface area contributed by atoms with Gasteiger partial charge in [-0.15, -0.1) is 9.05 Å². The molecule has 1 saturated heterocycles. The Kier molecular flexibility index (Phi) is 4.35. The van der Waals surface area contributed by atoms with Crippen LogP contribution in [0.15, 0.2) is 0 Å². The van der Waals surface area contributed by atoms with Gasteiger partial charge in [0.25, 0.3) is 0 Å². The Bertz CT molecular complexity index is 67.3. The fraction of sp³-hybridized carbons (Fsp3) is 1.00. The molecule has 0 spiro atoms. The summed E-state index contributed by atoms with van der Waals surface area (Å²) in [7, 11) is -1.72. The van der Waals surface area contributed by atoms with Gasteiger partial charge in [0.15, 0.2) is 0 Å². The Hall–Kier alpha value is 0.903. The average Bonchev–Trinajstić information content (AvgIpc) is 1.86. The summed E-state index contributed by atoms with van der Waals surface area (Å²) < 4.78 is 18.8. The van der Waals surface area contributed by atoms with E-state index < -0.39 is 8.25 Å². The van der Waals surface area contributed by atoms with Gasteiger partial charge in [-0.2, -0.15) is 0 Å². The number of hydrogen-bond donors (Lipinski definition) is 0. The van der Waals surface area contributed by atoms with E-state index in [4.69, 9.17) is 0 Å². The van der Waals surface area contributed by atoms with Crippen LogP contribution in [0, 0.1) is 0 Å². The van der Waals surface area contributed by atoms with Crippen LogP contribution < -0.4 is 0 Å². The molecule has 0 saturated carbocycles. The van der Waals surface area contributed by atoms with Crippen molar-refractivity contribution in [1.82, 2.24) is 0 Å². The topological polar surface area (TPSA) is 35.5 Å². The summed E-state index contributed by atoms with van der Waals surface area (Å²) in [4.78, 5) is 0. The van der Waals surface area contributed by atoms with Gasteiger partial charge >= 0.3 is 8.25 Å². The molecule has 1 heterocycles. The van der Waals surface area contributed by atoms with E-state index in [1.807, 2.05) is 0 Å². The van der Waals surface area contributed by atoms with Gasteiger partial charge in [-0.1, -0.05) is 0 Å². The molecule has 0 bridgehead atoms. The van der Waals surface area contributed by atoms with Crippen LogP contribution in [0.5, 0.6) is 0 Å². The van der Waals surface area contributed by atoms with E-state index in [-0.39, 0.29) is 26.2 Å². The molecule has 38 valence electrons. The van der Waals surface area contributed by atoms with Gasteiger partial charge in [-0.25, -0.2) is 0 Å². The maximum Gasteiger partial charge on any atom is 0.697 e. The van der Waals surface area contributed by atoms with Crippen LogP contribution >= 0.6 is 8.25 Å². The number of hydrogen-bond acceptors (Lipinski definition) is 3. The third kappa shape index (κ3) is 2.66. The van der Waals surface area contributed by atoms with E-state index in [0.717, 1.165) is 0 Å². The standard InChI is InChI=1S/C2H4O3P.Zr/c3-6-4-1-2-5-6;/h1-2H2;/q+1;. The molecular formula is C2H4O3PZr+. The summed E-state index contributed by atoms with van der Waals surface area (Å²) in [6, 6.07) is 0. The fourth-order valence-electron chi connectivity index (χ4n) is 0.261. The van der Waals surface area contributed by atoms with Crippen molar-refractivity contribution < 1.29 is 39.8 Å². The summed E-state index contributed by atoms with van der Waals surface area (Å²) in [5.74, 6) is 0. The molecule has 0 radical (unpaired) electrons. The van der Waals surface area contributed by atoms with Gasteiger partial charge in [0, 0.05) is 30.8 Å². The van der Waals surface area contributed by atoms with Crippen LogP contribution in [0.25, 0.3) is 0 Å². The Labute approximate surface area is 61.5 Å². The SMILES string of the molecule is O=[P+]1OCCO1.[Zr]. The first-order valence-corrected chi connectivity index (χ1v) is 2.72. The van der Waals surface area contributed by atoms with Gasteiger partial charge in [0.2, 0.25) is 0 Å². The summed E-state index contributed by atoms with van der Waals surface area (Å²) in [5, 5.41) is 0. The Morgan fingerprint density at radius 1 is 1.29 bits per heavy atom. The molecule has 0 aliphatic carbocycles. The summed E-state index contributed by atoms with van der Waals surface area (Å²) in [6.45, 7) is 0.963. The predicted molar refractivity (Wildman–Crippen MR) is 19.5 cm³/mol. The van der Waals surface area contributed by atoms with Crippen molar-refractivity contribution >= 4 is 8.25 Å². The second-order valence-electron chi connectivity index (χ2n) is 0.890. The molecule has 1 aliphatic heterocycles. The van der Waals surface area contributed by atoms with E-state index >= 15 is 0 Å². The largest absolute Gasteiger partial charge is 0.697 e. The van der Waals surface area contributed by atoms with E-state index in [1.165, 1.54) is 0 Å². The molecule has 7 heavy (non-hydrogen) atoms. The van der Waals surface area contributed by atoms with Crippen molar-refractivity contribution in [2.75, 3.05) is 13.2 Å². The Morgan fingerprint density at radius 2 is 1.71 bits per heavy atom. The molecule has 0 atom stereocenters. The van der Waals surface area contributed by atoms with Crippen LogP contribution in [0.3, 0.4) is 0 Å². The molecule has 0 unspecified atom stereocenters. The zero-order chi connectivity index (χ0) is 4.41. The van der Waals surface area contributed by atoms with Crippen LogP contribution in [-0.2, 0) is 39.8 Å². The molecule has 3 nitrogen and oxygen atoms in total. The molecule has 5 heteroatoms. The van der Waals surface area contributed by atoms with Crippen molar-refractivity contribution in [2.45, 2.75) is 0 Å². The van der Waals surface area contributed by atoms with Gasteiger partial charge in [-0.3, -0.25) is 0 Å². The maximum absolute atomic E-state index is 9.95. The molecule has 0 amide bonds. The van der Waals surface area contributed by atoms with E-state index in [0.29, 0.717) is 13.2 Å². The molecule has 1 aliphatic rings. The van der Waals surface area contributed by atoms with E-state index in [1.54, 1.807) is 0 Å². The average molecular weight is 198 g/mol. The monoisotopic (exact) mass is 197 g/mol. The second-order valence-corrected chi connectivity index (χ2v) is 1.85. The zero-order valence-electron chi connectivity index (χ0n) is 3.59. The predicted octanol–water partition coefficient (Wildman–Crippen LogP) is 0.688. The van der Waals surface area contributed by atoms with Gasteiger partial charge in [-0.05, 0) is 0 Å². The first-order valence-electron chi connectivity index (χ1n) is 1.63. The second kappa shape index (κ2) is 3.85. The summed E-state index contributed by atoms with van der Waals surface area (Å²) >= 11 is 0. The third-order valence-corrected chi connectivity index (χ3v) is 1.26. The van der Waals surface area contributed by atoms with Crippen molar-refractivity contribution in [3.8, 4) is 0 Å². The van der Waals surface area contributed by atoms with Crippen molar-refractivity contribution in [1.29, 1.82) is 0 Å². The van der Waals surface area contributed by atoms with Crippen LogP contribution in [0.2, 0.25) is 0 Å². The quantitative estimate of drug-likeness (QED) is 0.537. The smallest absolute Gasteiger partial charge is 0.116 e. The van der Waals surface area contributed by atoms with Crippen LogP contribution in [0.1, 0.15) is 0 Å². The maximum atomic E-state index is 9.95. The molecule has 0 aromatic rings. The van der Waals surface area contributed by atoms with Crippen molar-refractivity contribution in [3.05, 3.63) is 0 Å². The Balaban J connectivity index is 0.000000360. The van der Waals surface area contributed by atoms with Crippen LogP contribution in [0.4, 0.5) is 0 Å². The van der Waals surface area contributed by atoms with E-state index in [9.17, 15) is 4.57 Å². The number of rotatable bonds is 0. The summed E-state index contributed by atoms with van der Waals surface area (Å²) in [6.07, 6.45) is 0. The normalized spacial score (nSPS) is 19.1. The van der Waals surface area contributed by atoms with Gasteiger partial charge < -0.3 is 0 Å². The molecule has 0 N–H and O–H groups in total. The minimum absolute atomic E-state index is 0. The minimum Gasteiger partial charge on any atom is -0.116 e. The zero-order valence-corrected chi connectivity index (χ0v) is 6.94. The third-order valence-electron chi connectivity index (χ3n) is 0.477.